The minimum absolute atomic E-state index is 0.0933. The van der Waals surface area contributed by atoms with Gasteiger partial charge in [-0.05, 0) is 82.3 Å². The molecular formula is C37H49Cl2N5O4S. The molecule has 0 N–H and O–H groups in total. The fourth-order valence-corrected chi connectivity index (χ4v) is 8.35. The van der Waals surface area contributed by atoms with Crippen LogP contribution in [0.1, 0.15) is 71.5 Å². The summed E-state index contributed by atoms with van der Waals surface area (Å²) in [5.41, 5.74) is 4.20. The summed E-state index contributed by atoms with van der Waals surface area (Å²) in [6.07, 6.45) is 5.35. The minimum atomic E-state index is -0.257. The lowest BCUT2D eigenvalue weighted by atomic mass is 9.89. The fraction of sp³-hybridized carbons (Fsp3) is 0.568. The lowest BCUT2D eigenvalue weighted by molar-refractivity contribution is -0.137. The number of carbonyl (C=O) groups excluding carboxylic acids is 3. The Labute approximate surface area is 305 Å². The molecule has 2 aromatic rings. The number of nitrogens with zero attached hydrogens (tertiary/aromatic N) is 5. The van der Waals surface area contributed by atoms with Gasteiger partial charge in [0.2, 0.25) is 5.91 Å². The average molecular weight is 731 g/mol. The van der Waals surface area contributed by atoms with Crippen LogP contribution in [0.4, 0.5) is 0 Å². The molecule has 12 heteroatoms. The lowest BCUT2D eigenvalue weighted by Crippen LogP contribution is -2.49. The molecule has 0 bridgehead atoms. The average Bonchev–Trinajstić information content (AvgIpc) is 3.09. The van der Waals surface area contributed by atoms with Gasteiger partial charge in [-0.3, -0.25) is 14.4 Å². The maximum Gasteiger partial charge on any atom is 0.263 e. The number of benzene rings is 2. The van der Waals surface area contributed by atoms with Crippen LogP contribution in [0.3, 0.4) is 0 Å². The number of halogens is 2. The van der Waals surface area contributed by atoms with Crippen LogP contribution in [-0.4, -0.2) is 120 Å². The summed E-state index contributed by atoms with van der Waals surface area (Å²) >= 11 is 14.7. The number of oxime groups is 1. The summed E-state index contributed by atoms with van der Waals surface area (Å²) in [7, 11) is 1.77. The number of piperidine rings is 2. The van der Waals surface area contributed by atoms with Crippen molar-refractivity contribution in [3.8, 4) is 0 Å². The summed E-state index contributed by atoms with van der Waals surface area (Å²) < 4.78 is 0. The summed E-state index contributed by atoms with van der Waals surface area (Å²) in [6.45, 7) is 8.85. The largest absolute Gasteiger partial charge is 0.386 e. The molecule has 0 radical (unpaired) electrons. The van der Waals surface area contributed by atoms with E-state index in [0.29, 0.717) is 59.2 Å². The molecule has 0 aliphatic carbocycles. The van der Waals surface area contributed by atoms with E-state index < -0.39 is 0 Å². The number of hydrogen-bond acceptors (Lipinski definition) is 7. The van der Waals surface area contributed by atoms with Gasteiger partial charge in [0, 0.05) is 75.2 Å². The van der Waals surface area contributed by atoms with Crippen LogP contribution >= 0.6 is 35.0 Å². The van der Waals surface area contributed by atoms with E-state index in [1.165, 1.54) is 0 Å². The maximum atomic E-state index is 13.7. The number of carbonyl (C=O) groups is 3. The standard InChI is InChI=1S/C37H49Cl2N5O4S/c1-26-20-27(2)22-29(21-26)37(47)41(3)24-34(40-48-25-36(46)43-16-18-49-19-17-43)31(28-7-8-32(38)33(39)23-28)11-15-42-13-9-30(10-14-42)44-12-5-4-6-35(44)45/h7-8,20-23,30-31H,4-6,9-19,24-25H2,1-3H3/b40-34+. The lowest BCUT2D eigenvalue weighted by Gasteiger charge is -2.40. The van der Waals surface area contributed by atoms with Crippen molar-refractivity contribution in [2.45, 2.75) is 64.3 Å². The summed E-state index contributed by atoms with van der Waals surface area (Å²) in [6, 6.07) is 11.7. The fourth-order valence-electron chi connectivity index (χ4n) is 7.14. The first-order valence-electron chi connectivity index (χ1n) is 17.4. The van der Waals surface area contributed by atoms with Crippen molar-refractivity contribution in [3.05, 3.63) is 68.7 Å². The van der Waals surface area contributed by atoms with Gasteiger partial charge in [-0.2, -0.15) is 11.8 Å². The van der Waals surface area contributed by atoms with Crippen molar-refractivity contribution >= 4 is 58.4 Å². The number of hydrogen-bond donors (Lipinski definition) is 0. The van der Waals surface area contributed by atoms with Gasteiger partial charge in [0.15, 0.2) is 6.61 Å². The quantitative estimate of drug-likeness (QED) is 0.189. The molecule has 3 aliphatic heterocycles. The third-order valence-corrected chi connectivity index (χ3v) is 11.5. The highest BCUT2D eigenvalue weighted by Crippen LogP contribution is 2.31. The molecule has 3 amide bonds. The van der Waals surface area contributed by atoms with Crippen molar-refractivity contribution < 1.29 is 19.2 Å². The highest BCUT2D eigenvalue weighted by molar-refractivity contribution is 7.99. The highest BCUT2D eigenvalue weighted by Gasteiger charge is 2.31. The van der Waals surface area contributed by atoms with E-state index in [1.54, 1.807) is 18.0 Å². The van der Waals surface area contributed by atoms with E-state index >= 15 is 0 Å². The third kappa shape index (κ3) is 10.4. The molecule has 3 fully saturated rings. The summed E-state index contributed by atoms with van der Waals surface area (Å²) in [5, 5.41) is 5.51. The Balaban J connectivity index is 1.36. The van der Waals surface area contributed by atoms with Crippen molar-refractivity contribution in [2.24, 2.45) is 5.16 Å². The van der Waals surface area contributed by atoms with E-state index in [-0.39, 0.29) is 30.9 Å². The number of amides is 3. The molecule has 3 saturated heterocycles. The van der Waals surface area contributed by atoms with Crippen molar-refractivity contribution in [2.75, 3.05) is 71.0 Å². The first-order chi connectivity index (χ1) is 23.6. The molecule has 3 aliphatic rings. The molecule has 0 spiro atoms. The Morgan fingerprint density at radius 3 is 2.37 bits per heavy atom. The molecule has 0 saturated carbocycles. The Morgan fingerprint density at radius 2 is 1.69 bits per heavy atom. The van der Waals surface area contributed by atoms with Crippen LogP contribution in [0.5, 0.6) is 0 Å². The zero-order valence-electron chi connectivity index (χ0n) is 29.0. The molecule has 49 heavy (non-hydrogen) atoms. The van der Waals surface area contributed by atoms with Crippen LogP contribution < -0.4 is 0 Å². The third-order valence-electron chi connectivity index (χ3n) is 9.79. The van der Waals surface area contributed by atoms with Crippen molar-refractivity contribution in [1.82, 2.24) is 19.6 Å². The smallest absolute Gasteiger partial charge is 0.263 e. The zero-order chi connectivity index (χ0) is 34.9. The first-order valence-corrected chi connectivity index (χ1v) is 19.3. The van der Waals surface area contributed by atoms with Gasteiger partial charge < -0.3 is 24.4 Å². The van der Waals surface area contributed by atoms with Gasteiger partial charge in [-0.1, -0.05) is 51.6 Å². The highest BCUT2D eigenvalue weighted by atomic mass is 35.5. The van der Waals surface area contributed by atoms with E-state index in [4.69, 9.17) is 28.0 Å². The van der Waals surface area contributed by atoms with E-state index in [0.717, 1.165) is 80.1 Å². The topological polar surface area (TPSA) is 85.8 Å². The molecule has 9 nitrogen and oxygen atoms in total. The normalized spacial score (nSPS) is 18.8. The molecule has 5 rings (SSSR count). The van der Waals surface area contributed by atoms with Crippen LogP contribution in [-0.2, 0) is 14.4 Å². The number of rotatable bonds is 12. The zero-order valence-corrected chi connectivity index (χ0v) is 31.3. The second-order valence-electron chi connectivity index (χ2n) is 13.5. The van der Waals surface area contributed by atoms with Crippen molar-refractivity contribution in [3.63, 3.8) is 0 Å². The van der Waals surface area contributed by atoms with Gasteiger partial charge in [-0.15, -0.1) is 0 Å². The Bertz CT molecular complexity index is 1490. The molecule has 1 atom stereocenters. The molecule has 266 valence electrons. The predicted octanol–water partition coefficient (Wildman–Crippen LogP) is 6.28. The molecule has 1 unspecified atom stereocenters. The van der Waals surface area contributed by atoms with Gasteiger partial charge >= 0.3 is 0 Å². The molecule has 0 aromatic heterocycles. The van der Waals surface area contributed by atoms with Crippen molar-refractivity contribution in [1.29, 1.82) is 0 Å². The first kappa shape index (κ1) is 37.5. The minimum Gasteiger partial charge on any atom is -0.386 e. The van der Waals surface area contributed by atoms with E-state index in [2.05, 4.69) is 15.0 Å². The van der Waals surface area contributed by atoms with Crippen LogP contribution in [0.25, 0.3) is 0 Å². The van der Waals surface area contributed by atoms with Crippen LogP contribution in [0, 0.1) is 13.8 Å². The van der Waals surface area contributed by atoms with E-state index in [1.807, 2.05) is 60.8 Å². The summed E-state index contributed by atoms with van der Waals surface area (Å²) in [5.74, 6) is 1.65. The Morgan fingerprint density at radius 1 is 0.980 bits per heavy atom. The second kappa shape index (κ2) is 17.9. The Kier molecular flexibility index (Phi) is 13.7. The van der Waals surface area contributed by atoms with Gasteiger partial charge in [0.1, 0.15) is 0 Å². The Hall–Kier alpha value is -2.79. The van der Waals surface area contributed by atoms with Gasteiger partial charge in [-0.25, -0.2) is 0 Å². The van der Waals surface area contributed by atoms with Crippen LogP contribution in [0.2, 0.25) is 10.0 Å². The van der Waals surface area contributed by atoms with Crippen LogP contribution in [0.15, 0.2) is 41.6 Å². The van der Waals surface area contributed by atoms with Gasteiger partial charge in [0.25, 0.3) is 11.8 Å². The summed E-state index contributed by atoms with van der Waals surface area (Å²) in [4.78, 5) is 53.1. The van der Waals surface area contributed by atoms with Gasteiger partial charge in [0.05, 0.1) is 22.3 Å². The molecular weight excluding hydrogens is 681 g/mol. The number of likely N-dealkylation sites (tertiary alicyclic amines) is 2. The maximum absolute atomic E-state index is 13.7. The monoisotopic (exact) mass is 729 g/mol. The SMILES string of the molecule is Cc1cc(C)cc(C(=O)N(C)C/C(=N\OCC(=O)N2CCSCC2)C(CCN2CCC(N3CCCCC3=O)CC2)c2ccc(Cl)c(Cl)c2)c1. The number of thioether (sulfide) groups is 1. The molecule has 2 aromatic carbocycles. The predicted molar refractivity (Wildman–Crippen MR) is 199 cm³/mol. The molecule has 3 heterocycles. The number of aryl methyl sites for hydroxylation is 2. The van der Waals surface area contributed by atoms with E-state index in [9.17, 15) is 14.4 Å². The second-order valence-corrected chi connectivity index (χ2v) is 15.6.